The van der Waals surface area contributed by atoms with Crippen LogP contribution in [-0.4, -0.2) is 34.4 Å². The van der Waals surface area contributed by atoms with Gasteiger partial charge in [0, 0.05) is 48.4 Å². The van der Waals surface area contributed by atoms with E-state index in [1.165, 1.54) is 18.4 Å². The topological polar surface area (TPSA) is 72.1 Å². The first kappa shape index (κ1) is 22.0. The summed E-state index contributed by atoms with van der Waals surface area (Å²) in [6.07, 6.45) is 11.6. The maximum Gasteiger partial charge on any atom is 0.169 e. The first-order valence-corrected chi connectivity index (χ1v) is 12.4. The summed E-state index contributed by atoms with van der Waals surface area (Å²) in [5, 5.41) is 1.02. The molecule has 1 saturated carbocycles. The molecule has 3 aromatic rings. The quantitative estimate of drug-likeness (QED) is 0.545. The Hall–Kier alpha value is -2.79. The number of hydrogen-bond donors (Lipinski definition) is 1. The molecule has 2 aromatic heterocycles. The van der Waals surface area contributed by atoms with Gasteiger partial charge in [0.15, 0.2) is 5.78 Å². The van der Waals surface area contributed by atoms with E-state index in [0.717, 1.165) is 48.0 Å². The van der Waals surface area contributed by atoms with Gasteiger partial charge in [0.05, 0.1) is 17.4 Å². The molecule has 4 atom stereocenters. The fraction of sp³-hybridized carbons (Fsp3) is 0.464. The Morgan fingerprint density at radius 1 is 1.15 bits per heavy atom. The van der Waals surface area contributed by atoms with Gasteiger partial charge in [-0.05, 0) is 80.2 Å². The number of benzene rings is 1. The highest BCUT2D eigenvalue weighted by atomic mass is 16.1. The summed E-state index contributed by atoms with van der Waals surface area (Å²) in [6.45, 7) is 5.61. The number of Topliss-reactive ketones (excluding diaryl/α,β-unsaturated/α-hetero) is 1. The van der Waals surface area contributed by atoms with Crippen LogP contribution in [0.4, 0.5) is 5.69 Å². The van der Waals surface area contributed by atoms with Crippen LogP contribution >= 0.6 is 0 Å². The maximum absolute atomic E-state index is 13.5. The lowest BCUT2D eigenvalue weighted by Gasteiger charge is -2.32. The predicted octanol–water partition coefficient (Wildman–Crippen LogP) is 5.27. The smallest absolute Gasteiger partial charge is 0.169 e. The summed E-state index contributed by atoms with van der Waals surface area (Å²) in [6, 6.07) is 11.0. The number of rotatable bonds is 5. The summed E-state index contributed by atoms with van der Waals surface area (Å²) in [5.74, 6) is 1.09. The van der Waals surface area contributed by atoms with Crippen molar-refractivity contribution in [2.45, 2.75) is 70.4 Å². The summed E-state index contributed by atoms with van der Waals surface area (Å²) >= 11 is 0. The Bertz CT molecular complexity index is 1150. The number of ketones is 1. The molecule has 3 heterocycles. The van der Waals surface area contributed by atoms with Crippen molar-refractivity contribution < 1.29 is 4.79 Å². The highest BCUT2D eigenvalue weighted by Crippen LogP contribution is 2.37. The molecule has 5 rings (SSSR count). The Morgan fingerprint density at radius 3 is 2.82 bits per heavy atom. The van der Waals surface area contributed by atoms with Gasteiger partial charge in [0.25, 0.3) is 0 Å². The van der Waals surface area contributed by atoms with E-state index >= 15 is 0 Å². The van der Waals surface area contributed by atoms with Gasteiger partial charge in [-0.1, -0.05) is 19.1 Å². The molecule has 1 saturated heterocycles. The molecule has 1 aromatic carbocycles. The number of fused-ring (bicyclic) bond motifs is 1. The standard InChI is InChI=1S/C28H34N4O/c1-18-11-21(13-23(29)12-18)25-8-9-30-16-22(25)15-27(33)26-7-3-6-20-14-24(17-31-28(20)26)32-10-4-5-19(32)2/h3,6-9,14,16-19,21,23H,4-5,10-13,15,29H2,1-2H3/t18-,19-,21+,23-/m0/s1. The van der Waals surface area contributed by atoms with Gasteiger partial charge in [0.1, 0.15) is 0 Å². The van der Waals surface area contributed by atoms with Gasteiger partial charge in [0.2, 0.25) is 0 Å². The number of carbonyl (C=O) groups excluding carboxylic acids is 1. The SMILES string of the molecule is C[C@@H]1C[C@H](N)C[C@H](c2ccncc2CC(=O)c2cccc3cc(N4CCC[C@@H]4C)cnc23)C1. The fourth-order valence-corrected chi connectivity index (χ4v) is 6.01. The number of aromatic nitrogens is 2. The molecule has 2 aliphatic rings. The highest BCUT2D eigenvalue weighted by Gasteiger charge is 2.28. The van der Waals surface area contributed by atoms with Gasteiger partial charge in [-0.15, -0.1) is 0 Å². The lowest BCUT2D eigenvalue weighted by atomic mass is 9.75. The molecule has 33 heavy (non-hydrogen) atoms. The predicted molar refractivity (Wildman–Crippen MR) is 134 cm³/mol. The number of pyridine rings is 2. The highest BCUT2D eigenvalue weighted by molar-refractivity contribution is 6.07. The number of anilines is 1. The van der Waals surface area contributed by atoms with Crippen molar-refractivity contribution >= 4 is 22.4 Å². The minimum Gasteiger partial charge on any atom is -0.368 e. The molecule has 0 spiro atoms. The third-order valence-corrected chi connectivity index (χ3v) is 7.59. The Labute approximate surface area is 196 Å². The zero-order valence-electron chi connectivity index (χ0n) is 19.7. The minimum atomic E-state index is 0.0952. The third-order valence-electron chi connectivity index (χ3n) is 7.59. The van der Waals surface area contributed by atoms with Crippen molar-refractivity contribution in [2.75, 3.05) is 11.4 Å². The molecular weight excluding hydrogens is 408 g/mol. The van der Waals surface area contributed by atoms with Crippen LogP contribution in [-0.2, 0) is 6.42 Å². The molecule has 1 aliphatic carbocycles. The molecule has 2 fully saturated rings. The summed E-state index contributed by atoms with van der Waals surface area (Å²) < 4.78 is 0. The van der Waals surface area contributed by atoms with E-state index in [2.05, 4.69) is 41.9 Å². The molecule has 1 aliphatic heterocycles. The van der Waals surface area contributed by atoms with Crippen LogP contribution in [0.3, 0.4) is 0 Å². The van der Waals surface area contributed by atoms with Crippen LogP contribution in [0.15, 0.2) is 48.9 Å². The molecule has 0 bridgehead atoms. The van der Waals surface area contributed by atoms with E-state index < -0.39 is 0 Å². The molecule has 2 N–H and O–H groups in total. The number of nitrogens with two attached hydrogens (primary N) is 1. The Balaban J connectivity index is 1.42. The Morgan fingerprint density at radius 2 is 2.03 bits per heavy atom. The number of carbonyl (C=O) groups is 1. The molecule has 5 nitrogen and oxygen atoms in total. The third kappa shape index (κ3) is 4.51. The zero-order valence-corrected chi connectivity index (χ0v) is 19.7. The van der Waals surface area contributed by atoms with Gasteiger partial charge in [-0.3, -0.25) is 14.8 Å². The van der Waals surface area contributed by atoms with E-state index in [4.69, 9.17) is 10.7 Å². The Kier molecular flexibility index (Phi) is 6.15. The van der Waals surface area contributed by atoms with E-state index in [9.17, 15) is 4.79 Å². The van der Waals surface area contributed by atoms with Gasteiger partial charge in [-0.25, -0.2) is 0 Å². The first-order chi connectivity index (χ1) is 16.0. The van der Waals surface area contributed by atoms with Gasteiger partial charge < -0.3 is 10.6 Å². The van der Waals surface area contributed by atoms with E-state index in [1.54, 1.807) is 0 Å². The summed E-state index contributed by atoms with van der Waals surface area (Å²) in [7, 11) is 0. The van der Waals surface area contributed by atoms with E-state index in [-0.39, 0.29) is 11.8 Å². The normalized spacial score (nSPS) is 25.5. The molecule has 172 valence electrons. The maximum atomic E-state index is 13.5. The van der Waals surface area contributed by atoms with Gasteiger partial charge in [-0.2, -0.15) is 0 Å². The fourth-order valence-electron chi connectivity index (χ4n) is 6.01. The van der Waals surface area contributed by atoms with Crippen molar-refractivity contribution in [1.29, 1.82) is 0 Å². The first-order valence-electron chi connectivity index (χ1n) is 12.4. The number of hydrogen-bond acceptors (Lipinski definition) is 5. The molecule has 0 unspecified atom stereocenters. The second-order valence-corrected chi connectivity index (χ2v) is 10.2. The van der Waals surface area contributed by atoms with Crippen molar-refractivity contribution in [3.8, 4) is 0 Å². The largest absolute Gasteiger partial charge is 0.368 e. The molecule has 5 heteroatoms. The van der Waals surface area contributed by atoms with Gasteiger partial charge >= 0.3 is 0 Å². The van der Waals surface area contributed by atoms with Crippen LogP contribution in [0, 0.1) is 5.92 Å². The van der Waals surface area contributed by atoms with Crippen molar-refractivity contribution in [3.63, 3.8) is 0 Å². The van der Waals surface area contributed by atoms with Crippen molar-refractivity contribution in [3.05, 3.63) is 65.6 Å². The average molecular weight is 443 g/mol. The monoisotopic (exact) mass is 442 g/mol. The summed E-state index contributed by atoms with van der Waals surface area (Å²) in [5.41, 5.74) is 11.2. The number of nitrogens with zero attached hydrogens (tertiary/aromatic N) is 3. The second-order valence-electron chi connectivity index (χ2n) is 10.2. The second kappa shape index (κ2) is 9.22. The molecular formula is C28H34N4O. The molecule has 0 amide bonds. The van der Waals surface area contributed by atoms with Crippen LogP contribution in [0.1, 0.15) is 73.4 Å². The van der Waals surface area contributed by atoms with Crippen LogP contribution in [0.5, 0.6) is 0 Å². The van der Waals surface area contributed by atoms with Crippen LogP contribution in [0.2, 0.25) is 0 Å². The van der Waals surface area contributed by atoms with Crippen molar-refractivity contribution in [2.24, 2.45) is 11.7 Å². The van der Waals surface area contributed by atoms with Crippen LogP contribution in [0.25, 0.3) is 10.9 Å². The van der Waals surface area contributed by atoms with Crippen LogP contribution < -0.4 is 10.6 Å². The minimum absolute atomic E-state index is 0.0952. The summed E-state index contributed by atoms with van der Waals surface area (Å²) in [4.78, 5) is 25.0. The average Bonchev–Trinajstić information content (AvgIpc) is 3.23. The van der Waals surface area contributed by atoms with Crippen molar-refractivity contribution in [1.82, 2.24) is 9.97 Å². The van der Waals surface area contributed by atoms with E-state index in [0.29, 0.717) is 29.9 Å². The lowest BCUT2D eigenvalue weighted by Crippen LogP contribution is -2.31. The lowest BCUT2D eigenvalue weighted by molar-refractivity contribution is 0.0994. The molecule has 0 radical (unpaired) electrons. The zero-order chi connectivity index (χ0) is 22.9. The number of para-hydroxylation sites is 1. The van der Waals surface area contributed by atoms with E-state index in [1.807, 2.05) is 30.7 Å².